The zero-order chi connectivity index (χ0) is 12.1. The van der Waals surface area contributed by atoms with Gasteiger partial charge in [-0.05, 0) is 39.5 Å². The molecule has 16 heavy (non-hydrogen) atoms. The average molecular weight is 227 g/mol. The van der Waals surface area contributed by atoms with Crippen molar-refractivity contribution in [2.75, 3.05) is 0 Å². The van der Waals surface area contributed by atoms with Gasteiger partial charge in [-0.25, -0.2) is 4.79 Å². The molecule has 0 bridgehead atoms. The van der Waals surface area contributed by atoms with Crippen molar-refractivity contribution < 1.29 is 14.6 Å². The Morgan fingerprint density at radius 2 is 2.06 bits per heavy atom. The maximum atomic E-state index is 11.6. The van der Waals surface area contributed by atoms with Crippen molar-refractivity contribution in [3.05, 3.63) is 0 Å². The summed E-state index contributed by atoms with van der Waals surface area (Å²) < 4.78 is 5.20. The van der Waals surface area contributed by atoms with E-state index in [-0.39, 0.29) is 23.7 Å². The number of rotatable bonds is 1. The van der Waals surface area contributed by atoms with Crippen molar-refractivity contribution in [3.63, 3.8) is 0 Å². The third-order valence-corrected chi connectivity index (χ3v) is 3.84. The summed E-state index contributed by atoms with van der Waals surface area (Å²) in [6.07, 6.45) is 1.04. The SMILES string of the molecule is CC1CC12C(O)CC2NC(=O)OC(C)(C)C. The number of carbonyl (C=O) groups is 1. The first-order chi connectivity index (χ1) is 7.25. The highest BCUT2D eigenvalue weighted by Crippen LogP contribution is 2.65. The summed E-state index contributed by atoms with van der Waals surface area (Å²) in [4.78, 5) is 11.6. The molecule has 1 spiro atoms. The number of aliphatic hydroxyl groups excluding tert-OH is 1. The third-order valence-electron chi connectivity index (χ3n) is 3.84. The average Bonchev–Trinajstić information content (AvgIpc) is 2.77. The van der Waals surface area contributed by atoms with Crippen molar-refractivity contribution in [1.82, 2.24) is 5.32 Å². The smallest absolute Gasteiger partial charge is 0.407 e. The minimum absolute atomic E-state index is 0.0447. The van der Waals surface area contributed by atoms with Crippen molar-refractivity contribution in [1.29, 1.82) is 0 Å². The van der Waals surface area contributed by atoms with Crippen LogP contribution in [0, 0.1) is 11.3 Å². The topological polar surface area (TPSA) is 58.6 Å². The number of aliphatic hydroxyl groups is 1. The Morgan fingerprint density at radius 3 is 2.44 bits per heavy atom. The summed E-state index contributed by atoms with van der Waals surface area (Å²) in [5.74, 6) is 0.510. The number of hydrogen-bond donors (Lipinski definition) is 2. The standard InChI is InChI=1S/C12H21NO3/c1-7-6-12(7)8(5-9(12)14)13-10(15)16-11(2,3)4/h7-9,14H,5-6H2,1-4H3,(H,13,15). The third kappa shape index (κ3) is 1.79. The van der Waals surface area contributed by atoms with Crippen LogP contribution in [0.1, 0.15) is 40.5 Å². The second kappa shape index (κ2) is 3.36. The van der Waals surface area contributed by atoms with Crippen molar-refractivity contribution in [3.8, 4) is 0 Å². The molecular formula is C12H21NO3. The first-order valence-electron chi connectivity index (χ1n) is 5.93. The van der Waals surface area contributed by atoms with Crippen LogP contribution in [-0.4, -0.2) is 28.9 Å². The summed E-state index contributed by atoms with van der Waals surface area (Å²) >= 11 is 0. The monoisotopic (exact) mass is 227 g/mol. The van der Waals surface area contributed by atoms with Gasteiger partial charge in [-0.1, -0.05) is 6.92 Å². The molecular weight excluding hydrogens is 206 g/mol. The quantitative estimate of drug-likeness (QED) is 0.716. The van der Waals surface area contributed by atoms with E-state index in [9.17, 15) is 9.90 Å². The van der Waals surface area contributed by atoms with Crippen molar-refractivity contribution in [2.24, 2.45) is 11.3 Å². The number of ether oxygens (including phenoxy) is 1. The number of carbonyl (C=O) groups excluding carboxylic acids is 1. The van der Waals surface area contributed by atoms with Crippen LogP contribution in [0.5, 0.6) is 0 Å². The van der Waals surface area contributed by atoms with Gasteiger partial charge in [-0.15, -0.1) is 0 Å². The molecule has 0 saturated heterocycles. The Kier molecular flexibility index (Phi) is 2.46. The summed E-state index contributed by atoms with van der Waals surface area (Å²) in [7, 11) is 0. The van der Waals surface area contributed by atoms with E-state index >= 15 is 0 Å². The van der Waals surface area contributed by atoms with Crippen molar-refractivity contribution in [2.45, 2.75) is 58.3 Å². The Morgan fingerprint density at radius 1 is 1.50 bits per heavy atom. The second-order valence-electron chi connectivity index (χ2n) is 6.17. The lowest BCUT2D eigenvalue weighted by Crippen LogP contribution is -2.58. The van der Waals surface area contributed by atoms with Gasteiger partial charge in [0.25, 0.3) is 0 Å². The zero-order valence-corrected chi connectivity index (χ0v) is 10.4. The molecule has 0 radical (unpaired) electrons. The maximum Gasteiger partial charge on any atom is 0.407 e. The highest BCUT2D eigenvalue weighted by molar-refractivity contribution is 5.68. The molecule has 0 aliphatic heterocycles. The van der Waals surface area contributed by atoms with Crippen LogP contribution < -0.4 is 5.32 Å². The highest BCUT2D eigenvalue weighted by Gasteiger charge is 2.68. The Labute approximate surface area is 96.4 Å². The Balaban J connectivity index is 1.86. The van der Waals surface area contributed by atoms with E-state index in [4.69, 9.17) is 4.74 Å². The molecule has 2 saturated carbocycles. The number of amides is 1. The number of alkyl carbamates (subject to hydrolysis) is 1. The predicted molar refractivity (Wildman–Crippen MR) is 60.0 cm³/mol. The molecule has 4 nitrogen and oxygen atoms in total. The normalized spacial score (nSPS) is 41.4. The molecule has 0 aromatic carbocycles. The maximum absolute atomic E-state index is 11.6. The molecule has 2 aliphatic carbocycles. The summed E-state index contributed by atoms with van der Waals surface area (Å²) in [6.45, 7) is 7.65. The van der Waals surface area contributed by atoms with E-state index in [0.29, 0.717) is 12.3 Å². The van der Waals surface area contributed by atoms with Gasteiger partial charge in [-0.3, -0.25) is 0 Å². The first kappa shape index (κ1) is 11.7. The van der Waals surface area contributed by atoms with Crippen LogP contribution in [0.4, 0.5) is 4.79 Å². The fraction of sp³-hybridized carbons (Fsp3) is 0.917. The van der Waals surface area contributed by atoms with E-state index in [1.165, 1.54) is 0 Å². The largest absolute Gasteiger partial charge is 0.444 e. The van der Waals surface area contributed by atoms with Gasteiger partial charge in [0.2, 0.25) is 0 Å². The molecule has 2 N–H and O–H groups in total. The lowest BCUT2D eigenvalue weighted by molar-refractivity contribution is -0.0408. The lowest BCUT2D eigenvalue weighted by atomic mass is 9.71. The molecule has 2 rings (SSSR count). The van der Waals surface area contributed by atoms with E-state index in [1.54, 1.807) is 0 Å². The van der Waals surface area contributed by atoms with Gasteiger partial charge >= 0.3 is 6.09 Å². The van der Waals surface area contributed by atoms with E-state index in [2.05, 4.69) is 12.2 Å². The Hall–Kier alpha value is -0.770. The molecule has 2 fully saturated rings. The fourth-order valence-corrected chi connectivity index (χ4v) is 2.80. The van der Waals surface area contributed by atoms with Gasteiger partial charge in [0, 0.05) is 11.5 Å². The van der Waals surface area contributed by atoms with Gasteiger partial charge in [0.05, 0.1) is 6.10 Å². The predicted octanol–water partition coefficient (Wildman–Crippen LogP) is 1.67. The van der Waals surface area contributed by atoms with Gasteiger partial charge < -0.3 is 15.2 Å². The summed E-state index contributed by atoms with van der Waals surface area (Å²) in [5, 5.41) is 12.6. The van der Waals surface area contributed by atoms with Crippen LogP contribution in [0.15, 0.2) is 0 Å². The van der Waals surface area contributed by atoms with Gasteiger partial charge in [0.15, 0.2) is 0 Å². The molecule has 92 valence electrons. The highest BCUT2D eigenvalue weighted by atomic mass is 16.6. The number of nitrogens with one attached hydrogen (secondary N) is 1. The minimum Gasteiger partial charge on any atom is -0.444 e. The van der Waals surface area contributed by atoms with E-state index in [1.807, 2.05) is 20.8 Å². The van der Waals surface area contributed by atoms with E-state index in [0.717, 1.165) is 6.42 Å². The van der Waals surface area contributed by atoms with Gasteiger partial charge in [-0.2, -0.15) is 0 Å². The molecule has 4 atom stereocenters. The van der Waals surface area contributed by atoms with Crippen LogP contribution in [0.2, 0.25) is 0 Å². The first-order valence-corrected chi connectivity index (χ1v) is 5.93. The van der Waals surface area contributed by atoms with Crippen LogP contribution in [0.3, 0.4) is 0 Å². The molecule has 1 amide bonds. The second-order valence-corrected chi connectivity index (χ2v) is 6.17. The van der Waals surface area contributed by atoms with Gasteiger partial charge in [0.1, 0.15) is 5.60 Å². The Bertz CT molecular complexity index is 310. The summed E-state index contributed by atoms with van der Waals surface area (Å²) in [6, 6.07) is 0.0901. The van der Waals surface area contributed by atoms with E-state index < -0.39 is 5.60 Å². The molecule has 2 aliphatic rings. The van der Waals surface area contributed by atoms with Crippen LogP contribution in [0.25, 0.3) is 0 Å². The minimum atomic E-state index is -0.464. The molecule has 0 aromatic rings. The molecule has 0 heterocycles. The fourth-order valence-electron chi connectivity index (χ4n) is 2.80. The lowest BCUT2D eigenvalue weighted by Gasteiger charge is -2.43. The van der Waals surface area contributed by atoms with Crippen molar-refractivity contribution >= 4 is 6.09 Å². The molecule has 4 unspecified atom stereocenters. The van der Waals surface area contributed by atoms with Crippen LogP contribution in [-0.2, 0) is 4.74 Å². The number of hydrogen-bond acceptors (Lipinski definition) is 3. The zero-order valence-electron chi connectivity index (χ0n) is 10.4. The summed E-state index contributed by atoms with van der Waals surface area (Å²) in [5.41, 5.74) is -0.508. The van der Waals surface area contributed by atoms with Crippen LogP contribution >= 0.6 is 0 Å². The molecule has 0 aromatic heterocycles. The molecule has 4 heteroatoms.